The highest BCUT2D eigenvalue weighted by Gasteiger charge is 2.11. The van der Waals surface area contributed by atoms with Crippen LogP contribution >= 0.6 is 15.9 Å². The molecule has 6 nitrogen and oxygen atoms in total. The Hall–Kier alpha value is -1.89. The van der Waals surface area contributed by atoms with Gasteiger partial charge in [-0.3, -0.25) is 4.79 Å². The summed E-state index contributed by atoms with van der Waals surface area (Å²) in [7, 11) is 0. The lowest BCUT2D eigenvalue weighted by atomic mass is 10.3. The van der Waals surface area contributed by atoms with E-state index in [0.717, 1.165) is 0 Å². The number of nitrogens with zero attached hydrogens (tertiary/aromatic N) is 4. The Bertz CT molecular complexity index is 504. The minimum Gasteiger partial charge on any atom is -0.318 e. The average Bonchev–Trinajstić information content (AvgIpc) is 2.31. The van der Waals surface area contributed by atoms with Crippen LogP contribution in [0.1, 0.15) is 10.5 Å². The van der Waals surface area contributed by atoms with Crippen LogP contribution in [0.4, 0.5) is 5.69 Å². The Morgan fingerprint density at radius 1 is 1.12 bits per heavy atom. The first-order valence-corrected chi connectivity index (χ1v) is 5.08. The fourth-order valence-electron chi connectivity index (χ4n) is 1.03. The molecular formula is C9H6BrN5O. The smallest absolute Gasteiger partial charge is 0.275 e. The Kier molecular flexibility index (Phi) is 3.16. The van der Waals surface area contributed by atoms with Gasteiger partial charge in [-0.2, -0.15) is 0 Å². The Labute approximate surface area is 99.3 Å². The molecule has 1 N–H and O–H groups in total. The zero-order valence-corrected chi connectivity index (χ0v) is 9.55. The highest BCUT2D eigenvalue weighted by atomic mass is 79.9. The van der Waals surface area contributed by atoms with Crippen LogP contribution in [0.5, 0.6) is 0 Å². The Morgan fingerprint density at radius 2 is 1.81 bits per heavy atom. The van der Waals surface area contributed by atoms with Crippen LogP contribution in [0.2, 0.25) is 0 Å². The molecule has 7 heteroatoms. The van der Waals surface area contributed by atoms with Crippen molar-refractivity contribution in [3.63, 3.8) is 0 Å². The molecule has 0 aromatic carbocycles. The normalized spacial score (nSPS) is 9.81. The predicted molar refractivity (Wildman–Crippen MR) is 59.7 cm³/mol. The van der Waals surface area contributed by atoms with Crippen LogP contribution < -0.4 is 5.32 Å². The third-order valence-electron chi connectivity index (χ3n) is 1.70. The first-order valence-electron chi connectivity index (χ1n) is 4.29. The van der Waals surface area contributed by atoms with Crippen LogP contribution in [0.15, 0.2) is 35.7 Å². The van der Waals surface area contributed by atoms with E-state index < -0.39 is 0 Å². The minimum absolute atomic E-state index is 0.263. The average molecular weight is 280 g/mol. The molecule has 2 aromatic heterocycles. The molecule has 0 aliphatic rings. The zero-order chi connectivity index (χ0) is 11.4. The molecule has 0 saturated heterocycles. The van der Waals surface area contributed by atoms with E-state index in [0.29, 0.717) is 10.2 Å². The maximum atomic E-state index is 11.7. The van der Waals surface area contributed by atoms with Crippen LogP contribution in [-0.2, 0) is 0 Å². The summed E-state index contributed by atoms with van der Waals surface area (Å²) < 4.78 is 0.532. The van der Waals surface area contributed by atoms with Crippen molar-refractivity contribution in [3.8, 4) is 0 Å². The summed E-state index contributed by atoms with van der Waals surface area (Å²) in [4.78, 5) is 27.0. The molecular weight excluding hydrogens is 274 g/mol. The third kappa shape index (κ3) is 2.37. The second-order valence-corrected chi connectivity index (χ2v) is 3.65. The first kappa shape index (κ1) is 10.6. The predicted octanol–water partition coefficient (Wildman–Crippen LogP) is 1.28. The molecule has 1 amide bonds. The topological polar surface area (TPSA) is 80.7 Å². The lowest BCUT2D eigenvalue weighted by molar-refractivity contribution is 0.102. The molecule has 80 valence electrons. The maximum absolute atomic E-state index is 11.7. The molecule has 0 bridgehead atoms. The lowest BCUT2D eigenvalue weighted by Gasteiger charge is -2.03. The van der Waals surface area contributed by atoms with Crippen molar-refractivity contribution in [2.75, 3.05) is 5.32 Å². The van der Waals surface area contributed by atoms with Gasteiger partial charge >= 0.3 is 0 Å². The fraction of sp³-hybridized carbons (Fsp3) is 0. The number of hydrogen-bond donors (Lipinski definition) is 1. The standard InChI is InChI=1S/C9H6BrN5O/c10-7-3-13-5-14-8(7)9(16)15-6-1-11-4-12-2-6/h1-5H,(H,15,16). The summed E-state index contributed by atoms with van der Waals surface area (Å²) in [6, 6.07) is 0. The summed E-state index contributed by atoms with van der Waals surface area (Å²) in [5.74, 6) is -0.343. The Morgan fingerprint density at radius 3 is 2.50 bits per heavy atom. The van der Waals surface area contributed by atoms with E-state index in [1.807, 2.05) is 0 Å². The fourth-order valence-corrected chi connectivity index (χ4v) is 1.43. The number of carbonyl (C=O) groups is 1. The molecule has 0 unspecified atom stereocenters. The van der Waals surface area contributed by atoms with Gasteiger partial charge in [0.25, 0.3) is 5.91 Å². The number of aromatic nitrogens is 4. The second-order valence-electron chi connectivity index (χ2n) is 2.80. The van der Waals surface area contributed by atoms with Crippen LogP contribution in [0, 0.1) is 0 Å². The molecule has 0 atom stereocenters. The van der Waals surface area contributed by atoms with E-state index in [1.165, 1.54) is 31.2 Å². The molecule has 16 heavy (non-hydrogen) atoms. The number of carbonyl (C=O) groups excluding carboxylic acids is 1. The van der Waals surface area contributed by atoms with E-state index in [2.05, 4.69) is 41.2 Å². The Balaban J connectivity index is 2.19. The van der Waals surface area contributed by atoms with Crippen molar-refractivity contribution < 1.29 is 4.79 Å². The molecule has 0 radical (unpaired) electrons. The van der Waals surface area contributed by atoms with Gasteiger partial charge in [0, 0.05) is 6.20 Å². The number of rotatable bonds is 2. The molecule has 0 spiro atoms. The third-order valence-corrected chi connectivity index (χ3v) is 2.28. The summed E-state index contributed by atoms with van der Waals surface area (Å²) in [6.45, 7) is 0. The molecule has 0 aliphatic carbocycles. The van der Waals surface area contributed by atoms with Gasteiger partial charge in [-0.25, -0.2) is 19.9 Å². The van der Waals surface area contributed by atoms with E-state index in [1.54, 1.807) is 0 Å². The zero-order valence-electron chi connectivity index (χ0n) is 7.96. The minimum atomic E-state index is -0.343. The number of halogens is 1. The van der Waals surface area contributed by atoms with E-state index >= 15 is 0 Å². The van der Waals surface area contributed by atoms with Crippen LogP contribution in [-0.4, -0.2) is 25.8 Å². The molecule has 0 aliphatic heterocycles. The first-order chi connectivity index (χ1) is 7.77. The highest BCUT2D eigenvalue weighted by Crippen LogP contribution is 2.13. The summed E-state index contributed by atoms with van der Waals surface area (Å²) in [5.41, 5.74) is 0.775. The molecule has 0 saturated carbocycles. The van der Waals surface area contributed by atoms with Crippen LogP contribution in [0.25, 0.3) is 0 Å². The lowest BCUT2D eigenvalue weighted by Crippen LogP contribution is -2.14. The summed E-state index contributed by atoms with van der Waals surface area (Å²) in [5, 5.41) is 2.61. The monoisotopic (exact) mass is 279 g/mol. The van der Waals surface area contributed by atoms with Crippen molar-refractivity contribution in [1.82, 2.24) is 19.9 Å². The summed E-state index contributed by atoms with van der Waals surface area (Å²) in [6.07, 6.45) is 7.20. The van der Waals surface area contributed by atoms with Gasteiger partial charge in [-0.15, -0.1) is 0 Å². The van der Waals surface area contributed by atoms with E-state index in [9.17, 15) is 4.79 Å². The van der Waals surface area contributed by atoms with Crippen molar-refractivity contribution in [2.45, 2.75) is 0 Å². The molecule has 2 rings (SSSR count). The summed E-state index contributed by atoms with van der Waals surface area (Å²) >= 11 is 3.19. The molecule has 0 fully saturated rings. The highest BCUT2D eigenvalue weighted by molar-refractivity contribution is 9.10. The van der Waals surface area contributed by atoms with Gasteiger partial charge in [0.1, 0.15) is 18.3 Å². The quantitative estimate of drug-likeness (QED) is 0.896. The molecule has 2 aromatic rings. The van der Waals surface area contributed by atoms with Crippen molar-refractivity contribution >= 4 is 27.5 Å². The van der Waals surface area contributed by atoms with Crippen molar-refractivity contribution in [3.05, 3.63) is 41.4 Å². The van der Waals surface area contributed by atoms with Gasteiger partial charge in [0.2, 0.25) is 0 Å². The van der Waals surface area contributed by atoms with Crippen LogP contribution in [0.3, 0.4) is 0 Å². The number of anilines is 1. The van der Waals surface area contributed by atoms with Gasteiger partial charge in [0.15, 0.2) is 0 Å². The largest absolute Gasteiger partial charge is 0.318 e. The van der Waals surface area contributed by atoms with E-state index in [4.69, 9.17) is 0 Å². The van der Waals surface area contributed by atoms with Gasteiger partial charge in [-0.05, 0) is 15.9 Å². The maximum Gasteiger partial charge on any atom is 0.275 e. The van der Waals surface area contributed by atoms with Crippen molar-refractivity contribution in [1.29, 1.82) is 0 Å². The van der Waals surface area contributed by atoms with E-state index in [-0.39, 0.29) is 11.6 Å². The van der Waals surface area contributed by atoms with Crippen molar-refractivity contribution in [2.24, 2.45) is 0 Å². The number of amides is 1. The van der Waals surface area contributed by atoms with Gasteiger partial charge < -0.3 is 5.32 Å². The SMILES string of the molecule is O=C(Nc1cncnc1)c1ncncc1Br. The number of nitrogens with one attached hydrogen (secondary N) is 1. The van der Waals surface area contributed by atoms with Gasteiger partial charge in [0.05, 0.1) is 22.6 Å². The second kappa shape index (κ2) is 4.75. The number of hydrogen-bond acceptors (Lipinski definition) is 5. The molecule has 2 heterocycles. The van der Waals surface area contributed by atoms with Gasteiger partial charge in [-0.1, -0.05) is 0 Å².